The second-order valence-corrected chi connectivity index (χ2v) is 8.80. The van der Waals surface area contributed by atoms with Crippen molar-refractivity contribution in [3.05, 3.63) is 51.8 Å². The van der Waals surface area contributed by atoms with Gasteiger partial charge in [0.1, 0.15) is 5.56 Å². The fourth-order valence-electron chi connectivity index (χ4n) is 4.18. The summed E-state index contributed by atoms with van der Waals surface area (Å²) in [5.74, 6) is -1.26. The average Bonchev–Trinajstić information content (AvgIpc) is 3.03. The van der Waals surface area contributed by atoms with E-state index < -0.39 is 17.8 Å². The molecule has 0 bridgehead atoms. The Hall–Kier alpha value is -3.03. The topological polar surface area (TPSA) is 77.1 Å². The normalized spacial score (nSPS) is 16.0. The molecule has 0 saturated heterocycles. The van der Waals surface area contributed by atoms with Gasteiger partial charge in [-0.05, 0) is 17.4 Å². The van der Waals surface area contributed by atoms with Crippen LogP contribution in [0.15, 0.2) is 35.3 Å². The molecule has 0 radical (unpaired) electrons. The van der Waals surface area contributed by atoms with Crippen LogP contribution < -0.4 is 5.43 Å². The van der Waals surface area contributed by atoms with Crippen LogP contribution in [0.2, 0.25) is 0 Å². The smallest absolute Gasteiger partial charge is 0.341 e. The fourth-order valence-corrected chi connectivity index (χ4v) is 4.18. The Balaban J connectivity index is 1.98. The number of benzene rings is 1. The monoisotopic (exact) mass is 415 g/mol. The number of alkyl halides is 2. The van der Waals surface area contributed by atoms with Gasteiger partial charge in [-0.1, -0.05) is 39.0 Å². The van der Waals surface area contributed by atoms with Crippen LogP contribution in [0.4, 0.5) is 8.78 Å². The number of hydrogen-bond acceptors (Lipinski definition) is 3. The van der Waals surface area contributed by atoms with Gasteiger partial charge in [0.25, 0.3) is 0 Å². The number of aromatic nitrogens is 3. The van der Waals surface area contributed by atoms with Crippen LogP contribution in [-0.2, 0) is 13.0 Å². The minimum atomic E-state index is -2.39. The lowest BCUT2D eigenvalue weighted by Crippen LogP contribution is -2.35. The SMILES string of the molecule is CC(C)(C)C1Cn2nc3c(CCC(F)F)cccc3c2-c2cc(=O)c(C(=O)O)cn21. The van der Waals surface area contributed by atoms with Gasteiger partial charge in [-0.15, -0.1) is 0 Å². The Morgan fingerprint density at radius 3 is 2.70 bits per heavy atom. The van der Waals surface area contributed by atoms with Crippen molar-refractivity contribution in [3.63, 3.8) is 0 Å². The maximum Gasteiger partial charge on any atom is 0.341 e. The summed E-state index contributed by atoms with van der Waals surface area (Å²) in [7, 11) is 0. The number of fused-ring (bicyclic) bond motifs is 5. The highest BCUT2D eigenvalue weighted by Gasteiger charge is 2.35. The third-order valence-corrected chi connectivity index (χ3v) is 5.72. The summed E-state index contributed by atoms with van der Waals surface area (Å²) in [5.41, 5.74) is 1.58. The number of pyridine rings is 1. The van der Waals surface area contributed by atoms with Gasteiger partial charge in [-0.2, -0.15) is 5.10 Å². The number of carbonyl (C=O) groups is 1. The van der Waals surface area contributed by atoms with Crippen LogP contribution >= 0.6 is 0 Å². The molecule has 30 heavy (non-hydrogen) atoms. The van der Waals surface area contributed by atoms with Gasteiger partial charge < -0.3 is 9.67 Å². The first-order valence-electron chi connectivity index (χ1n) is 9.84. The summed E-state index contributed by atoms with van der Waals surface area (Å²) in [6, 6.07) is 6.66. The largest absolute Gasteiger partial charge is 0.477 e. The van der Waals surface area contributed by atoms with Crippen LogP contribution in [0.1, 0.15) is 49.2 Å². The van der Waals surface area contributed by atoms with E-state index in [1.807, 2.05) is 36.1 Å². The molecule has 8 heteroatoms. The van der Waals surface area contributed by atoms with E-state index in [0.29, 0.717) is 23.4 Å². The van der Waals surface area contributed by atoms with E-state index in [1.165, 1.54) is 12.3 Å². The van der Waals surface area contributed by atoms with Crippen molar-refractivity contribution in [1.29, 1.82) is 0 Å². The highest BCUT2D eigenvalue weighted by Crippen LogP contribution is 2.42. The van der Waals surface area contributed by atoms with Crippen LogP contribution in [0.5, 0.6) is 0 Å². The molecule has 3 aromatic rings. The van der Waals surface area contributed by atoms with E-state index >= 15 is 0 Å². The lowest BCUT2D eigenvalue weighted by molar-refractivity contribution is 0.0693. The first-order valence-corrected chi connectivity index (χ1v) is 9.84. The number of nitrogens with zero attached hydrogens (tertiary/aromatic N) is 3. The Morgan fingerprint density at radius 2 is 2.07 bits per heavy atom. The van der Waals surface area contributed by atoms with Crippen molar-refractivity contribution in [1.82, 2.24) is 14.3 Å². The summed E-state index contributed by atoms with van der Waals surface area (Å²) in [6.07, 6.45) is -1.02. The van der Waals surface area contributed by atoms with E-state index in [2.05, 4.69) is 0 Å². The zero-order chi connectivity index (χ0) is 21.8. The zero-order valence-corrected chi connectivity index (χ0v) is 17.0. The van der Waals surface area contributed by atoms with Gasteiger partial charge in [0.05, 0.1) is 29.5 Å². The van der Waals surface area contributed by atoms with Crippen LogP contribution in [0, 0.1) is 5.41 Å². The van der Waals surface area contributed by atoms with Gasteiger partial charge in [-0.25, -0.2) is 13.6 Å². The molecule has 0 fully saturated rings. The molecule has 0 spiro atoms. The molecule has 0 amide bonds. The van der Waals surface area contributed by atoms with Gasteiger partial charge in [0.15, 0.2) is 5.43 Å². The summed E-state index contributed by atoms with van der Waals surface area (Å²) >= 11 is 0. The van der Waals surface area contributed by atoms with Crippen LogP contribution in [0.25, 0.3) is 22.3 Å². The minimum absolute atomic E-state index is 0.141. The van der Waals surface area contributed by atoms with E-state index in [-0.39, 0.29) is 29.9 Å². The average molecular weight is 415 g/mol. The summed E-state index contributed by atoms with van der Waals surface area (Å²) in [6.45, 7) is 6.61. The molecular formula is C22H23F2N3O3. The third-order valence-electron chi connectivity index (χ3n) is 5.72. The van der Waals surface area contributed by atoms with Crippen LogP contribution in [-0.4, -0.2) is 31.8 Å². The molecule has 2 aromatic heterocycles. The summed E-state index contributed by atoms with van der Waals surface area (Å²) < 4.78 is 29.2. The van der Waals surface area contributed by atoms with Gasteiger partial charge in [0.2, 0.25) is 6.43 Å². The number of carboxylic acid groups (broad SMARTS) is 1. The Kier molecular flexibility index (Phi) is 4.75. The molecule has 1 aromatic carbocycles. The Bertz CT molecular complexity index is 1200. The Labute approximate surface area is 171 Å². The molecular weight excluding hydrogens is 392 g/mol. The molecule has 1 unspecified atom stereocenters. The predicted molar refractivity (Wildman–Crippen MR) is 109 cm³/mol. The summed E-state index contributed by atoms with van der Waals surface area (Å²) in [5, 5.41) is 14.9. The fraction of sp³-hybridized carbons (Fsp3) is 0.409. The molecule has 6 nitrogen and oxygen atoms in total. The van der Waals surface area contributed by atoms with E-state index in [9.17, 15) is 23.5 Å². The van der Waals surface area contributed by atoms with E-state index in [4.69, 9.17) is 5.10 Å². The first kappa shape index (κ1) is 20.3. The maximum atomic E-state index is 12.8. The molecule has 4 rings (SSSR count). The number of aromatic carboxylic acids is 1. The second kappa shape index (κ2) is 7.04. The lowest BCUT2D eigenvalue weighted by Gasteiger charge is -2.38. The van der Waals surface area contributed by atoms with Crippen molar-refractivity contribution in [2.45, 2.75) is 52.6 Å². The van der Waals surface area contributed by atoms with Crippen LogP contribution in [0.3, 0.4) is 0 Å². The quantitative estimate of drug-likeness (QED) is 0.687. The molecule has 1 aliphatic rings. The van der Waals surface area contributed by atoms with Crippen molar-refractivity contribution < 1.29 is 18.7 Å². The predicted octanol–water partition coefficient (Wildman–Crippen LogP) is 4.36. The zero-order valence-electron chi connectivity index (χ0n) is 17.0. The second-order valence-electron chi connectivity index (χ2n) is 8.80. The molecule has 1 atom stereocenters. The lowest BCUT2D eigenvalue weighted by atomic mass is 9.85. The maximum absolute atomic E-state index is 12.8. The molecule has 0 saturated carbocycles. The molecule has 0 aliphatic carbocycles. The minimum Gasteiger partial charge on any atom is -0.477 e. The van der Waals surface area contributed by atoms with Gasteiger partial charge in [0, 0.05) is 24.1 Å². The number of carboxylic acids is 1. The Morgan fingerprint density at radius 1 is 1.33 bits per heavy atom. The highest BCUT2D eigenvalue weighted by molar-refractivity contribution is 5.95. The number of halogens is 2. The third kappa shape index (κ3) is 3.30. The highest BCUT2D eigenvalue weighted by atomic mass is 19.3. The van der Waals surface area contributed by atoms with Gasteiger partial charge in [-0.3, -0.25) is 9.48 Å². The van der Waals surface area contributed by atoms with Crippen molar-refractivity contribution in [2.75, 3.05) is 0 Å². The van der Waals surface area contributed by atoms with Crippen molar-refractivity contribution in [2.24, 2.45) is 5.41 Å². The number of hydrogen-bond donors (Lipinski definition) is 1. The van der Waals surface area contributed by atoms with E-state index in [0.717, 1.165) is 10.9 Å². The van der Waals surface area contributed by atoms with Crippen molar-refractivity contribution >= 4 is 16.9 Å². The number of rotatable bonds is 4. The molecule has 1 N–H and O–H groups in total. The molecule has 158 valence electrons. The van der Waals surface area contributed by atoms with Crippen molar-refractivity contribution in [3.8, 4) is 11.4 Å². The first-order chi connectivity index (χ1) is 14.1. The van der Waals surface area contributed by atoms with E-state index in [1.54, 1.807) is 12.1 Å². The summed E-state index contributed by atoms with van der Waals surface area (Å²) in [4.78, 5) is 24.0. The molecule has 3 heterocycles. The standard InChI is InChI=1S/C22H23F2N3O3/c1-22(2,3)17-11-27-20(15-9-16(28)14(21(29)30)10-26(15)17)13-6-4-5-12(19(13)25-27)7-8-18(23)24/h4-6,9-10,17-18H,7-8,11H2,1-3H3,(H,29,30). The van der Waals surface area contributed by atoms with Gasteiger partial charge >= 0.3 is 5.97 Å². The molecule has 1 aliphatic heterocycles. The number of aryl methyl sites for hydroxylation is 1.